The zero-order chi connectivity index (χ0) is 10.6. The van der Waals surface area contributed by atoms with Crippen LogP contribution in [-0.2, 0) is 0 Å². The normalized spacial score (nSPS) is 9.36. The summed E-state index contributed by atoms with van der Waals surface area (Å²) in [5, 5.41) is 3.40. The summed E-state index contributed by atoms with van der Waals surface area (Å²) in [7, 11) is 1.78. The number of benzene rings is 1. The third-order valence-corrected chi connectivity index (χ3v) is 2.23. The predicted molar refractivity (Wildman–Crippen MR) is 64.3 cm³/mol. The van der Waals surface area contributed by atoms with Gasteiger partial charge in [0.25, 0.3) is 0 Å². The van der Waals surface area contributed by atoms with Gasteiger partial charge in [-0.05, 0) is 37.7 Å². The van der Waals surface area contributed by atoms with Crippen LogP contribution in [0.15, 0.2) is 18.2 Å². The number of aryl methyl sites for hydroxylation is 2. The molecule has 0 saturated carbocycles. The van der Waals surface area contributed by atoms with Crippen LogP contribution in [0.4, 0.5) is 5.69 Å². The van der Waals surface area contributed by atoms with Crippen LogP contribution in [0.2, 0.25) is 0 Å². The third-order valence-electron chi connectivity index (χ3n) is 1.92. The fraction of sp³-hybridized carbons (Fsp3) is 0.300. The summed E-state index contributed by atoms with van der Waals surface area (Å²) in [4.78, 5) is 0. The molecule has 0 fully saturated rings. The Kier molecular flexibility index (Phi) is 3.71. The van der Waals surface area contributed by atoms with Gasteiger partial charge in [0, 0.05) is 7.05 Å². The average Bonchev–Trinajstić information content (AvgIpc) is 2.16. The predicted octanol–water partition coefficient (Wildman–Crippen LogP) is 1.72. The number of anilines is 1. The molecule has 76 valence electrons. The van der Waals surface area contributed by atoms with Crippen LogP contribution in [0.25, 0.3) is 0 Å². The highest BCUT2D eigenvalue weighted by Crippen LogP contribution is 2.14. The van der Waals surface area contributed by atoms with Crippen molar-refractivity contribution >= 4 is 23.0 Å². The monoisotopic (exact) mass is 209 g/mol. The van der Waals surface area contributed by atoms with E-state index in [0.717, 1.165) is 5.69 Å². The molecule has 0 atom stereocenters. The van der Waals surface area contributed by atoms with Crippen LogP contribution in [-0.4, -0.2) is 12.2 Å². The van der Waals surface area contributed by atoms with Gasteiger partial charge in [-0.25, -0.2) is 0 Å². The van der Waals surface area contributed by atoms with Gasteiger partial charge in [0.15, 0.2) is 5.11 Å². The summed E-state index contributed by atoms with van der Waals surface area (Å²) < 4.78 is 0. The van der Waals surface area contributed by atoms with E-state index in [4.69, 9.17) is 12.2 Å². The fourth-order valence-corrected chi connectivity index (χ4v) is 1.19. The van der Waals surface area contributed by atoms with E-state index in [1.165, 1.54) is 11.1 Å². The summed E-state index contributed by atoms with van der Waals surface area (Å²) in [6.07, 6.45) is 0. The quantitative estimate of drug-likeness (QED) is 0.512. The van der Waals surface area contributed by atoms with E-state index < -0.39 is 0 Å². The Morgan fingerprint density at radius 2 is 2.00 bits per heavy atom. The largest absolute Gasteiger partial charge is 0.364 e. The lowest BCUT2D eigenvalue weighted by atomic mass is 10.1. The van der Waals surface area contributed by atoms with Crippen molar-refractivity contribution in [3.05, 3.63) is 29.3 Å². The molecule has 0 spiro atoms. The highest BCUT2D eigenvalue weighted by molar-refractivity contribution is 7.80. The first-order valence-electron chi connectivity index (χ1n) is 4.44. The van der Waals surface area contributed by atoms with Gasteiger partial charge < -0.3 is 5.32 Å². The van der Waals surface area contributed by atoms with Gasteiger partial charge in [-0.2, -0.15) is 0 Å². The van der Waals surface area contributed by atoms with E-state index in [1.54, 1.807) is 7.05 Å². The Morgan fingerprint density at radius 3 is 2.57 bits per heavy atom. The Labute approximate surface area is 89.9 Å². The second-order valence-corrected chi connectivity index (χ2v) is 3.56. The minimum absolute atomic E-state index is 0.574. The van der Waals surface area contributed by atoms with Crippen molar-refractivity contribution < 1.29 is 0 Å². The molecule has 1 aromatic carbocycles. The molecule has 0 aliphatic carbocycles. The molecule has 4 heteroatoms. The molecule has 3 N–H and O–H groups in total. The molecule has 0 amide bonds. The van der Waals surface area contributed by atoms with E-state index in [1.807, 2.05) is 6.07 Å². The zero-order valence-electron chi connectivity index (χ0n) is 8.64. The molecule has 0 radical (unpaired) electrons. The lowest BCUT2D eigenvalue weighted by molar-refractivity contribution is 1.03. The van der Waals surface area contributed by atoms with E-state index in [2.05, 4.69) is 42.1 Å². The second-order valence-electron chi connectivity index (χ2n) is 3.15. The van der Waals surface area contributed by atoms with Gasteiger partial charge in [-0.1, -0.05) is 17.7 Å². The molecule has 0 aliphatic heterocycles. The zero-order valence-corrected chi connectivity index (χ0v) is 9.46. The highest BCUT2D eigenvalue weighted by Gasteiger charge is 1.97. The number of hydrogen-bond acceptors (Lipinski definition) is 2. The maximum Gasteiger partial charge on any atom is 0.184 e. The first-order valence-corrected chi connectivity index (χ1v) is 4.85. The third kappa shape index (κ3) is 2.88. The number of hydrazine groups is 1. The molecule has 0 unspecified atom stereocenters. The molecule has 0 bridgehead atoms. The van der Waals surface area contributed by atoms with Crippen LogP contribution >= 0.6 is 12.2 Å². The number of nitrogens with one attached hydrogen (secondary N) is 3. The number of rotatable bonds is 2. The molecule has 3 nitrogen and oxygen atoms in total. The lowest BCUT2D eigenvalue weighted by Gasteiger charge is -2.12. The van der Waals surface area contributed by atoms with Crippen LogP contribution in [0.5, 0.6) is 0 Å². The van der Waals surface area contributed by atoms with Crippen molar-refractivity contribution in [1.82, 2.24) is 10.7 Å². The molecule has 1 rings (SSSR count). The first-order chi connectivity index (χ1) is 6.63. The van der Waals surface area contributed by atoms with E-state index in [9.17, 15) is 0 Å². The number of thiocarbonyl (C=S) groups is 1. The van der Waals surface area contributed by atoms with Crippen molar-refractivity contribution in [3.63, 3.8) is 0 Å². The molecule has 0 saturated heterocycles. The van der Waals surface area contributed by atoms with Gasteiger partial charge in [0.05, 0.1) is 5.69 Å². The van der Waals surface area contributed by atoms with Crippen LogP contribution in [0.3, 0.4) is 0 Å². The fourth-order valence-electron chi connectivity index (χ4n) is 1.14. The Hall–Kier alpha value is -1.29. The molecule has 0 heterocycles. The SMILES string of the molecule is CNC(=S)NNc1ccc(C)cc1C. The van der Waals surface area contributed by atoms with Crippen molar-refractivity contribution in [2.75, 3.05) is 12.5 Å². The standard InChI is InChI=1S/C10H15N3S/c1-7-4-5-9(8(2)6-7)12-13-10(14)11-3/h4-6,12H,1-3H3,(H2,11,13,14). The Balaban J connectivity index is 2.63. The maximum absolute atomic E-state index is 4.94. The van der Waals surface area contributed by atoms with Gasteiger partial charge in [-0.3, -0.25) is 10.9 Å². The smallest absolute Gasteiger partial charge is 0.184 e. The maximum atomic E-state index is 4.94. The van der Waals surface area contributed by atoms with Gasteiger partial charge in [0.2, 0.25) is 0 Å². The molecular formula is C10H15N3S. The van der Waals surface area contributed by atoms with Gasteiger partial charge >= 0.3 is 0 Å². The molecule has 1 aromatic rings. The lowest BCUT2D eigenvalue weighted by Crippen LogP contribution is -2.36. The van der Waals surface area contributed by atoms with Gasteiger partial charge in [-0.15, -0.1) is 0 Å². The Bertz CT molecular complexity index is 336. The molecule has 0 aliphatic rings. The summed E-state index contributed by atoms with van der Waals surface area (Å²) in [6.45, 7) is 4.13. The molecule has 14 heavy (non-hydrogen) atoms. The van der Waals surface area contributed by atoms with Gasteiger partial charge in [0.1, 0.15) is 0 Å². The minimum Gasteiger partial charge on any atom is -0.364 e. The average molecular weight is 209 g/mol. The number of hydrogen-bond donors (Lipinski definition) is 3. The summed E-state index contributed by atoms with van der Waals surface area (Å²) in [5.74, 6) is 0. The summed E-state index contributed by atoms with van der Waals surface area (Å²) in [6, 6.07) is 6.20. The van der Waals surface area contributed by atoms with Crippen molar-refractivity contribution in [2.24, 2.45) is 0 Å². The summed E-state index contributed by atoms with van der Waals surface area (Å²) in [5.41, 5.74) is 9.40. The minimum atomic E-state index is 0.574. The molecular weight excluding hydrogens is 194 g/mol. The van der Waals surface area contributed by atoms with E-state index in [-0.39, 0.29) is 0 Å². The summed E-state index contributed by atoms with van der Waals surface area (Å²) >= 11 is 4.94. The van der Waals surface area contributed by atoms with Crippen LogP contribution in [0, 0.1) is 13.8 Å². The molecule has 0 aromatic heterocycles. The van der Waals surface area contributed by atoms with Crippen molar-refractivity contribution in [3.8, 4) is 0 Å². The topological polar surface area (TPSA) is 36.1 Å². The van der Waals surface area contributed by atoms with Crippen molar-refractivity contribution in [1.29, 1.82) is 0 Å². The van der Waals surface area contributed by atoms with Crippen LogP contribution in [0.1, 0.15) is 11.1 Å². The Morgan fingerprint density at radius 1 is 1.29 bits per heavy atom. The van der Waals surface area contributed by atoms with Crippen molar-refractivity contribution in [2.45, 2.75) is 13.8 Å². The van der Waals surface area contributed by atoms with Crippen LogP contribution < -0.4 is 16.2 Å². The first kappa shape index (κ1) is 10.8. The van der Waals surface area contributed by atoms with E-state index in [0.29, 0.717) is 5.11 Å². The highest BCUT2D eigenvalue weighted by atomic mass is 32.1. The van der Waals surface area contributed by atoms with E-state index >= 15 is 0 Å². The second kappa shape index (κ2) is 4.81.